The Morgan fingerprint density at radius 2 is 1.71 bits per heavy atom. The maximum atomic E-state index is 12.4. The normalized spacial score (nSPS) is 11.4. The van der Waals surface area contributed by atoms with Crippen molar-refractivity contribution in [3.05, 3.63) is 59.7 Å². The molecule has 2 amide bonds. The van der Waals surface area contributed by atoms with Gasteiger partial charge in [-0.3, -0.25) is 9.59 Å². The van der Waals surface area contributed by atoms with Gasteiger partial charge in [0.15, 0.2) is 11.5 Å². The summed E-state index contributed by atoms with van der Waals surface area (Å²) < 4.78 is 10.5. The number of carbonyl (C=O) groups is 2. The van der Waals surface area contributed by atoms with E-state index in [9.17, 15) is 9.59 Å². The van der Waals surface area contributed by atoms with Crippen LogP contribution in [0.25, 0.3) is 0 Å². The Balaban J connectivity index is 2.28. The molecule has 3 N–H and O–H groups in total. The van der Waals surface area contributed by atoms with E-state index in [-0.39, 0.29) is 12.3 Å². The minimum Gasteiger partial charge on any atom is -0.493 e. The van der Waals surface area contributed by atoms with Gasteiger partial charge in [-0.1, -0.05) is 24.3 Å². The zero-order valence-electron chi connectivity index (χ0n) is 13.6. The van der Waals surface area contributed by atoms with Crippen LogP contribution >= 0.6 is 0 Å². The molecule has 0 aromatic heterocycles. The molecule has 1 unspecified atom stereocenters. The summed E-state index contributed by atoms with van der Waals surface area (Å²) >= 11 is 0. The van der Waals surface area contributed by atoms with E-state index in [0.29, 0.717) is 22.6 Å². The second kappa shape index (κ2) is 8.01. The lowest BCUT2D eigenvalue weighted by Crippen LogP contribution is -2.31. The van der Waals surface area contributed by atoms with Crippen molar-refractivity contribution >= 4 is 11.8 Å². The standard InChI is InChI=1S/C18H20N2O4/c1-23-15-9-8-13(10-16(15)24-2)14(11-17(19)21)20-18(22)12-6-4-3-5-7-12/h3-10,14H,11H2,1-2H3,(H2,19,21)(H,20,22). The number of carbonyl (C=O) groups excluding carboxylic acids is 2. The molecule has 6 heteroatoms. The molecular weight excluding hydrogens is 308 g/mol. The van der Waals surface area contributed by atoms with E-state index in [1.165, 1.54) is 14.2 Å². The van der Waals surface area contributed by atoms with Gasteiger partial charge in [0.2, 0.25) is 5.91 Å². The van der Waals surface area contributed by atoms with Crippen molar-refractivity contribution in [1.29, 1.82) is 0 Å². The largest absolute Gasteiger partial charge is 0.493 e. The molecule has 126 valence electrons. The lowest BCUT2D eigenvalue weighted by atomic mass is 10.0. The van der Waals surface area contributed by atoms with Gasteiger partial charge in [-0.05, 0) is 29.8 Å². The van der Waals surface area contributed by atoms with Crippen LogP contribution in [0.4, 0.5) is 0 Å². The minimum absolute atomic E-state index is 0.0198. The average molecular weight is 328 g/mol. The van der Waals surface area contributed by atoms with E-state index in [0.717, 1.165) is 0 Å². The third-order valence-corrected chi connectivity index (χ3v) is 3.56. The topological polar surface area (TPSA) is 90.6 Å². The monoisotopic (exact) mass is 328 g/mol. The molecule has 2 aromatic carbocycles. The van der Waals surface area contributed by atoms with Crippen LogP contribution in [-0.4, -0.2) is 26.0 Å². The molecule has 0 aliphatic carbocycles. The molecule has 0 spiro atoms. The minimum atomic E-state index is -0.560. The van der Waals surface area contributed by atoms with E-state index in [1.807, 2.05) is 6.07 Å². The highest BCUT2D eigenvalue weighted by atomic mass is 16.5. The van der Waals surface area contributed by atoms with Gasteiger partial charge in [-0.25, -0.2) is 0 Å². The molecule has 0 bridgehead atoms. The summed E-state index contributed by atoms with van der Waals surface area (Å²) in [5.41, 5.74) is 6.54. The van der Waals surface area contributed by atoms with E-state index in [2.05, 4.69) is 5.32 Å². The number of nitrogens with two attached hydrogens (primary N) is 1. The number of nitrogens with one attached hydrogen (secondary N) is 1. The first-order valence-corrected chi connectivity index (χ1v) is 7.41. The summed E-state index contributed by atoms with van der Waals surface area (Å²) in [6.07, 6.45) is -0.0198. The predicted molar refractivity (Wildman–Crippen MR) is 90.0 cm³/mol. The van der Waals surface area contributed by atoms with Gasteiger partial charge >= 0.3 is 0 Å². The highest BCUT2D eigenvalue weighted by molar-refractivity contribution is 5.94. The first-order valence-electron chi connectivity index (χ1n) is 7.41. The summed E-state index contributed by atoms with van der Waals surface area (Å²) in [5.74, 6) is 0.284. The second-order valence-electron chi connectivity index (χ2n) is 5.18. The van der Waals surface area contributed by atoms with Crippen LogP contribution in [0.3, 0.4) is 0 Å². The van der Waals surface area contributed by atoms with Crippen molar-refractivity contribution in [2.75, 3.05) is 14.2 Å². The Morgan fingerprint density at radius 1 is 1.04 bits per heavy atom. The summed E-state index contributed by atoms with van der Waals surface area (Å²) in [7, 11) is 3.06. The fourth-order valence-corrected chi connectivity index (χ4v) is 2.35. The highest BCUT2D eigenvalue weighted by Gasteiger charge is 2.19. The predicted octanol–water partition coefficient (Wildman–Crippen LogP) is 2.05. The summed E-state index contributed by atoms with van der Waals surface area (Å²) in [6, 6.07) is 13.4. The van der Waals surface area contributed by atoms with Gasteiger partial charge in [-0.15, -0.1) is 0 Å². The smallest absolute Gasteiger partial charge is 0.251 e. The molecule has 24 heavy (non-hydrogen) atoms. The molecule has 2 rings (SSSR count). The van der Waals surface area contributed by atoms with Crippen LogP contribution in [0.2, 0.25) is 0 Å². The molecule has 1 atom stereocenters. The maximum Gasteiger partial charge on any atom is 0.251 e. The zero-order chi connectivity index (χ0) is 17.5. The molecule has 0 heterocycles. The Bertz CT molecular complexity index is 716. The van der Waals surface area contributed by atoms with Crippen LogP contribution in [0, 0.1) is 0 Å². The van der Waals surface area contributed by atoms with Crippen molar-refractivity contribution in [2.24, 2.45) is 5.73 Å². The number of benzene rings is 2. The number of rotatable bonds is 7. The Hall–Kier alpha value is -3.02. The van der Waals surface area contributed by atoms with Crippen molar-refractivity contribution in [2.45, 2.75) is 12.5 Å². The number of amides is 2. The van der Waals surface area contributed by atoms with E-state index in [4.69, 9.17) is 15.2 Å². The molecule has 0 aliphatic heterocycles. The van der Waals surface area contributed by atoms with Crippen LogP contribution in [0.15, 0.2) is 48.5 Å². The van der Waals surface area contributed by atoms with Gasteiger partial charge in [0, 0.05) is 5.56 Å². The van der Waals surface area contributed by atoms with Crippen LogP contribution < -0.4 is 20.5 Å². The van der Waals surface area contributed by atoms with Crippen molar-refractivity contribution in [3.8, 4) is 11.5 Å². The summed E-state index contributed by atoms with van der Waals surface area (Å²) in [5, 5.41) is 2.83. The van der Waals surface area contributed by atoms with E-state index < -0.39 is 11.9 Å². The summed E-state index contributed by atoms with van der Waals surface area (Å²) in [6.45, 7) is 0. The molecule has 0 saturated carbocycles. The molecule has 0 saturated heterocycles. The third-order valence-electron chi connectivity index (χ3n) is 3.56. The van der Waals surface area contributed by atoms with Gasteiger partial charge < -0.3 is 20.5 Å². The zero-order valence-corrected chi connectivity index (χ0v) is 13.6. The number of primary amides is 1. The van der Waals surface area contributed by atoms with Gasteiger partial charge in [0.05, 0.1) is 26.7 Å². The lowest BCUT2D eigenvalue weighted by molar-refractivity contribution is -0.118. The molecule has 0 radical (unpaired) electrons. The first-order chi connectivity index (χ1) is 11.5. The SMILES string of the molecule is COc1ccc(C(CC(N)=O)NC(=O)c2ccccc2)cc1OC. The number of hydrogen-bond acceptors (Lipinski definition) is 4. The maximum absolute atomic E-state index is 12.4. The van der Waals surface area contributed by atoms with Crippen molar-refractivity contribution in [3.63, 3.8) is 0 Å². The molecule has 0 aliphatic rings. The van der Waals surface area contributed by atoms with Gasteiger partial charge in [0.1, 0.15) is 0 Å². The molecule has 0 fully saturated rings. The molecule has 2 aromatic rings. The summed E-state index contributed by atoms with van der Waals surface area (Å²) in [4.78, 5) is 23.8. The Morgan fingerprint density at radius 3 is 2.29 bits per heavy atom. The first kappa shape index (κ1) is 17.3. The molecular formula is C18H20N2O4. The quantitative estimate of drug-likeness (QED) is 0.814. The average Bonchev–Trinajstić information content (AvgIpc) is 2.60. The Kier molecular flexibility index (Phi) is 5.78. The van der Waals surface area contributed by atoms with Crippen LogP contribution in [0.1, 0.15) is 28.4 Å². The number of ether oxygens (including phenoxy) is 2. The lowest BCUT2D eigenvalue weighted by Gasteiger charge is -2.19. The second-order valence-corrected chi connectivity index (χ2v) is 5.18. The Labute approximate surface area is 140 Å². The fraction of sp³-hybridized carbons (Fsp3) is 0.222. The number of methoxy groups -OCH3 is 2. The van der Waals surface area contributed by atoms with Gasteiger partial charge in [-0.2, -0.15) is 0 Å². The van der Waals surface area contributed by atoms with E-state index in [1.54, 1.807) is 42.5 Å². The van der Waals surface area contributed by atoms with Crippen LogP contribution in [0.5, 0.6) is 11.5 Å². The molecule has 6 nitrogen and oxygen atoms in total. The van der Waals surface area contributed by atoms with Crippen LogP contribution in [-0.2, 0) is 4.79 Å². The third kappa shape index (κ3) is 4.25. The fourth-order valence-electron chi connectivity index (χ4n) is 2.35. The van der Waals surface area contributed by atoms with Crippen molar-refractivity contribution in [1.82, 2.24) is 5.32 Å². The van der Waals surface area contributed by atoms with Crippen molar-refractivity contribution < 1.29 is 19.1 Å². The highest BCUT2D eigenvalue weighted by Crippen LogP contribution is 2.31. The van der Waals surface area contributed by atoms with Gasteiger partial charge in [0.25, 0.3) is 5.91 Å². The van der Waals surface area contributed by atoms with E-state index >= 15 is 0 Å². The number of hydrogen-bond donors (Lipinski definition) is 2.